The van der Waals surface area contributed by atoms with E-state index in [4.69, 9.17) is 0 Å². The Morgan fingerprint density at radius 3 is 2.44 bits per heavy atom. The number of nitrogens with zero attached hydrogens (tertiary/aromatic N) is 5. The molecule has 7 aromatic rings. The normalized spacial score (nSPS) is 12.1. The molecule has 0 fully saturated rings. The van der Waals surface area contributed by atoms with Gasteiger partial charge >= 0.3 is 0 Å². The standard InChI is InChI=1S/C34H26N6O/c1-21(37-33-32-29(16-9-17-35-32)38-22(2)39-33)30-19-24-11-8-14-27(25-18-23-10-6-7-15-28(23)36-20-25)31(24)34(41)40(30)26-12-4-3-5-13-26/h3-21H,1-2H3,(H,37,38,39)/t21-/m0/s1. The first-order valence-corrected chi connectivity index (χ1v) is 13.5. The molecule has 0 aliphatic rings. The van der Waals surface area contributed by atoms with Gasteiger partial charge in [-0.2, -0.15) is 0 Å². The molecule has 198 valence electrons. The number of hydrogen-bond acceptors (Lipinski definition) is 6. The second-order valence-corrected chi connectivity index (χ2v) is 10.1. The number of pyridine rings is 3. The average Bonchev–Trinajstić information content (AvgIpc) is 3.00. The Labute approximate surface area is 236 Å². The summed E-state index contributed by atoms with van der Waals surface area (Å²) in [7, 11) is 0. The SMILES string of the molecule is Cc1nc(N[C@@H](C)c2cc3cccc(-c4cnc5ccccc5c4)c3c(=O)n2-c2ccccc2)c2ncccc2n1. The van der Waals surface area contributed by atoms with Crippen molar-refractivity contribution < 1.29 is 0 Å². The number of aryl methyl sites for hydroxylation is 1. The monoisotopic (exact) mass is 534 g/mol. The summed E-state index contributed by atoms with van der Waals surface area (Å²) in [5.41, 5.74) is 5.63. The first-order valence-electron chi connectivity index (χ1n) is 13.5. The third-order valence-electron chi connectivity index (χ3n) is 7.35. The van der Waals surface area contributed by atoms with Gasteiger partial charge < -0.3 is 5.32 Å². The smallest absolute Gasteiger partial charge is 0.263 e. The Hall–Kier alpha value is -5.43. The van der Waals surface area contributed by atoms with Crippen molar-refractivity contribution in [2.45, 2.75) is 19.9 Å². The van der Waals surface area contributed by atoms with Gasteiger partial charge in [-0.1, -0.05) is 54.6 Å². The molecule has 0 bridgehead atoms. The largest absolute Gasteiger partial charge is 0.360 e. The molecule has 1 atom stereocenters. The Morgan fingerprint density at radius 2 is 1.56 bits per heavy atom. The van der Waals surface area contributed by atoms with Crippen LogP contribution in [-0.4, -0.2) is 24.5 Å². The molecule has 0 amide bonds. The van der Waals surface area contributed by atoms with E-state index in [1.807, 2.05) is 105 Å². The zero-order chi connectivity index (χ0) is 27.9. The van der Waals surface area contributed by atoms with Crippen LogP contribution < -0.4 is 10.9 Å². The van der Waals surface area contributed by atoms with Crippen LogP contribution in [0.2, 0.25) is 0 Å². The Bertz CT molecular complexity index is 2140. The van der Waals surface area contributed by atoms with Gasteiger partial charge in [-0.3, -0.25) is 19.3 Å². The zero-order valence-electron chi connectivity index (χ0n) is 22.6. The molecule has 3 aromatic carbocycles. The second-order valence-electron chi connectivity index (χ2n) is 10.1. The quantitative estimate of drug-likeness (QED) is 0.255. The highest BCUT2D eigenvalue weighted by molar-refractivity contribution is 5.98. The molecule has 1 N–H and O–H groups in total. The van der Waals surface area contributed by atoms with E-state index in [1.54, 1.807) is 10.8 Å². The van der Waals surface area contributed by atoms with Crippen LogP contribution in [-0.2, 0) is 0 Å². The summed E-state index contributed by atoms with van der Waals surface area (Å²) in [6, 6.07) is 31.4. The van der Waals surface area contributed by atoms with Gasteiger partial charge in [-0.05, 0) is 67.3 Å². The van der Waals surface area contributed by atoms with Crippen LogP contribution in [0.15, 0.2) is 114 Å². The van der Waals surface area contributed by atoms with E-state index in [9.17, 15) is 4.79 Å². The number of aromatic nitrogens is 5. The van der Waals surface area contributed by atoms with Gasteiger partial charge in [-0.25, -0.2) is 9.97 Å². The van der Waals surface area contributed by atoms with Crippen molar-refractivity contribution in [3.05, 3.63) is 131 Å². The van der Waals surface area contributed by atoms with Crippen molar-refractivity contribution in [3.8, 4) is 16.8 Å². The highest BCUT2D eigenvalue weighted by Gasteiger charge is 2.20. The van der Waals surface area contributed by atoms with Crippen molar-refractivity contribution in [1.82, 2.24) is 24.5 Å². The van der Waals surface area contributed by atoms with Crippen LogP contribution in [0.1, 0.15) is 24.5 Å². The molecule has 41 heavy (non-hydrogen) atoms. The maximum absolute atomic E-state index is 14.5. The first kappa shape index (κ1) is 24.6. The summed E-state index contributed by atoms with van der Waals surface area (Å²) >= 11 is 0. The molecule has 0 saturated carbocycles. The van der Waals surface area contributed by atoms with Crippen LogP contribution in [0.5, 0.6) is 0 Å². The number of anilines is 1. The molecule has 0 radical (unpaired) electrons. The van der Waals surface area contributed by atoms with Gasteiger partial charge in [-0.15, -0.1) is 0 Å². The average molecular weight is 535 g/mol. The Morgan fingerprint density at radius 1 is 0.780 bits per heavy atom. The van der Waals surface area contributed by atoms with Gasteiger partial charge in [0.05, 0.1) is 22.5 Å². The fourth-order valence-corrected chi connectivity index (χ4v) is 5.47. The fourth-order valence-electron chi connectivity index (χ4n) is 5.47. The van der Waals surface area contributed by atoms with Crippen LogP contribution in [0.25, 0.3) is 49.5 Å². The Balaban J connectivity index is 1.44. The molecule has 0 unspecified atom stereocenters. The Kier molecular flexibility index (Phi) is 5.97. The zero-order valence-corrected chi connectivity index (χ0v) is 22.6. The van der Waals surface area contributed by atoms with Crippen molar-refractivity contribution in [1.29, 1.82) is 0 Å². The summed E-state index contributed by atoms with van der Waals surface area (Å²) in [5, 5.41) is 6.06. The van der Waals surface area contributed by atoms with Crippen molar-refractivity contribution in [2.24, 2.45) is 0 Å². The molecule has 0 aliphatic heterocycles. The van der Waals surface area contributed by atoms with Crippen LogP contribution in [0.4, 0.5) is 5.82 Å². The van der Waals surface area contributed by atoms with E-state index in [-0.39, 0.29) is 11.6 Å². The van der Waals surface area contributed by atoms with E-state index >= 15 is 0 Å². The lowest BCUT2D eigenvalue weighted by atomic mass is 9.98. The minimum atomic E-state index is -0.280. The second kappa shape index (κ2) is 9.95. The fraction of sp³-hybridized carbons (Fsp3) is 0.0882. The maximum atomic E-state index is 14.5. The third kappa shape index (κ3) is 4.37. The third-order valence-corrected chi connectivity index (χ3v) is 7.35. The van der Waals surface area contributed by atoms with E-state index < -0.39 is 0 Å². The maximum Gasteiger partial charge on any atom is 0.263 e. The summed E-state index contributed by atoms with van der Waals surface area (Å²) in [6.07, 6.45) is 3.58. The number of rotatable bonds is 5. The summed E-state index contributed by atoms with van der Waals surface area (Å²) in [5.74, 6) is 1.27. The van der Waals surface area contributed by atoms with Gasteiger partial charge in [0.1, 0.15) is 11.3 Å². The number of hydrogen-bond donors (Lipinski definition) is 1. The van der Waals surface area contributed by atoms with Gasteiger partial charge in [0.15, 0.2) is 5.82 Å². The lowest BCUT2D eigenvalue weighted by molar-refractivity contribution is 0.773. The number of nitrogens with one attached hydrogen (secondary N) is 1. The topological polar surface area (TPSA) is 85.6 Å². The highest BCUT2D eigenvalue weighted by atomic mass is 16.1. The minimum absolute atomic E-state index is 0.0945. The molecular formula is C34H26N6O. The molecule has 4 aromatic heterocycles. The van der Waals surface area contributed by atoms with Gasteiger partial charge in [0, 0.05) is 34.7 Å². The van der Waals surface area contributed by atoms with E-state index in [0.29, 0.717) is 22.5 Å². The number of para-hydroxylation sites is 2. The van der Waals surface area contributed by atoms with Gasteiger partial charge in [0.2, 0.25) is 0 Å². The van der Waals surface area contributed by atoms with E-state index in [2.05, 4.69) is 37.4 Å². The van der Waals surface area contributed by atoms with Crippen molar-refractivity contribution >= 4 is 38.5 Å². The summed E-state index contributed by atoms with van der Waals surface area (Å²) in [6.45, 7) is 3.89. The predicted molar refractivity (Wildman–Crippen MR) is 164 cm³/mol. The summed E-state index contributed by atoms with van der Waals surface area (Å²) in [4.78, 5) is 32.9. The molecular weight excluding hydrogens is 508 g/mol. The highest BCUT2D eigenvalue weighted by Crippen LogP contribution is 2.31. The minimum Gasteiger partial charge on any atom is -0.360 e. The number of fused-ring (bicyclic) bond motifs is 3. The van der Waals surface area contributed by atoms with Crippen LogP contribution >= 0.6 is 0 Å². The molecule has 7 rings (SSSR count). The predicted octanol–water partition coefficient (Wildman–Crippen LogP) is 7.03. The molecule has 7 heteroatoms. The van der Waals surface area contributed by atoms with Crippen molar-refractivity contribution in [2.75, 3.05) is 5.32 Å². The van der Waals surface area contributed by atoms with Crippen molar-refractivity contribution in [3.63, 3.8) is 0 Å². The molecule has 4 heterocycles. The molecule has 0 aliphatic carbocycles. The van der Waals surface area contributed by atoms with E-state index in [1.165, 1.54) is 0 Å². The van der Waals surface area contributed by atoms with Gasteiger partial charge in [0.25, 0.3) is 5.56 Å². The number of benzene rings is 3. The lowest BCUT2D eigenvalue weighted by Crippen LogP contribution is -2.26. The first-order chi connectivity index (χ1) is 20.1. The van der Waals surface area contributed by atoms with E-state index in [0.717, 1.165) is 44.3 Å². The van der Waals surface area contributed by atoms with Crippen LogP contribution in [0.3, 0.4) is 0 Å². The lowest BCUT2D eigenvalue weighted by Gasteiger charge is -2.22. The summed E-state index contributed by atoms with van der Waals surface area (Å²) < 4.78 is 1.79. The molecule has 7 nitrogen and oxygen atoms in total. The molecule has 0 spiro atoms. The molecule has 0 saturated heterocycles. The van der Waals surface area contributed by atoms with Crippen LogP contribution in [0, 0.1) is 6.92 Å².